The highest BCUT2D eigenvalue weighted by molar-refractivity contribution is 8.00. The van der Waals surface area contributed by atoms with Gasteiger partial charge in [0.1, 0.15) is 28.0 Å². The molecule has 6 rings (SSSR count). The molecule has 0 radical (unpaired) electrons. The van der Waals surface area contributed by atoms with E-state index in [-0.39, 0.29) is 50.0 Å². The summed E-state index contributed by atoms with van der Waals surface area (Å²) in [5, 5.41) is -0.257. The number of halogens is 6. The predicted molar refractivity (Wildman–Crippen MR) is 175 cm³/mol. The summed E-state index contributed by atoms with van der Waals surface area (Å²) in [4.78, 5) is 0.313. The molecule has 46 heavy (non-hydrogen) atoms. The van der Waals surface area contributed by atoms with E-state index < -0.39 is 52.9 Å². The quantitative estimate of drug-likeness (QED) is 0.189. The summed E-state index contributed by atoms with van der Waals surface area (Å²) in [7, 11) is -7.73. The standard InChI is InChI=1S/C17H15ClF2O2S2.C15H11ClF2O2S2/c1-2-17(24(21,22)12-5-3-11(18)4-6-12)9-10-23-16-14(20)8-7-13(19)15(16)17;16-9-1-3-10(4-2-9)22(19,20)13-7-8-21-15-12(18)6-5-11(17)14(13)15/h3-8H,2,9-10H2,1H3;1-6,13H,7-8H2. The van der Waals surface area contributed by atoms with Crippen molar-refractivity contribution >= 4 is 66.4 Å². The molecule has 0 aliphatic carbocycles. The van der Waals surface area contributed by atoms with Crippen LogP contribution < -0.4 is 0 Å². The van der Waals surface area contributed by atoms with Gasteiger partial charge in [0.25, 0.3) is 0 Å². The Kier molecular flexibility index (Phi) is 10.5. The van der Waals surface area contributed by atoms with Crippen molar-refractivity contribution in [1.29, 1.82) is 0 Å². The molecule has 0 N–H and O–H groups in total. The van der Waals surface area contributed by atoms with Gasteiger partial charge in [-0.2, -0.15) is 0 Å². The highest BCUT2D eigenvalue weighted by Crippen LogP contribution is 2.51. The average Bonchev–Trinajstić information content (AvgIpc) is 3.04. The second kappa shape index (κ2) is 13.7. The van der Waals surface area contributed by atoms with E-state index in [4.69, 9.17) is 23.2 Å². The molecule has 14 heteroatoms. The molecule has 0 spiro atoms. The van der Waals surface area contributed by atoms with Crippen molar-refractivity contribution in [1.82, 2.24) is 0 Å². The Balaban J connectivity index is 0.000000182. The number of hydrogen-bond donors (Lipinski definition) is 0. The Labute approximate surface area is 283 Å². The third-order valence-corrected chi connectivity index (χ3v) is 15.5. The zero-order valence-corrected chi connectivity index (χ0v) is 28.9. The van der Waals surface area contributed by atoms with E-state index in [9.17, 15) is 34.4 Å². The second-order valence-electron chi connectivity index (χ2n) is 10.5. The number of thioether (sulfide) groups is 2. The summed E-state index contributed by atoms with van der Waals surface area (Å²) in [5.41, 5.74) is -0.109. The lowest BCUT2D eigenvalue weighted by Crippen LogP contribution is -2.39. The molecule has 2 heterocycles. The molecule has 4 nitrogen and oxygen atoms in total. The van der Waals surface area contributed by atoms with E-state index in [2.05, 4.69) is 0 Å². The highest BCUT2D eigenvalue weighted by Gasteiger charge is 2.50. The smallest absolute Gasteiger partial charge is 0.188 e. The molecule has 0 amide bonds. The van der Waals surface area contributed by atoms with Crippen LogP contribution in [0.4, 0.5) is 17.6 Å². The van der Waals surface area contributed by atoms with Crippen LogP contribution in [0.15, 0.2) is 92.4 Å². The first-order valence-electron chi connectivity index (χ1n) is 14.0. The van der Waals surface area contributed by atoms with Crippen LogP contribution in [0, 0.1) is 23.3 Å². The van der Waals surface area contributed by atoms with Gasteiger partial charge in [0.05, 0.1) is 24.8 Å². The van der Waals surface area contributed by atoms with Gasteiger partial charge in [-0.15, -0.1) is 23.5 Å². The molecule has 4 aromatic rings. The first-order valence-corrected chi connectivity index (χ1v) is 19.7. The number of sulfone groups is 2. The fraction of sp³-hybridized carbons (Fsp3) is 0.250. The Morgan fingerprint density at radius 2 is 1.20 bits per heavy atom. The molecule has 2 atom stereocenters. The van der Waals surface area contributed by atoms with Crippen LogP contribution in [0.1, 0.15) is 42.6 Å². The summed E-state index contributed by atoms with van der Waals surface area (Å²) in [5.74, 6) is -1.71. The fourth-order valence-corrected chi connectivity index (χ4v) is 12.8. The maximum absolute atomic E-state index is 14.6. The van der Waals surface area contributed by atoms with Crippen LogP contribution in [0.3, 0.4) is 0 Å². The fourth-order valence-electron chi connectivity index (χ4n) is 5.70. The van der Waals surface area contributed by atoms with Crippen LogP contribution in [0.5, 0.6) is 0 Å². The van der Waals surface area contributed by atoms with Crippen LogP contribution in [-0.4, -0.2) is 28.3 Å². The van der Waals surface area contributed by atoms with Gasteiger partial charge in [0.15, 0.2) is 19.7 Å². The molecular weight excluding hydrogens is 724 g/mol. The van der Waals surface area contributed by atoms with E-state index in [1.807, 2.05) is 0 Å². The van der Waals surface area contributed by atoms with E-state index in [0.717, 1.165) is 47.8 Å². The van der Waals surface area contributed by atoms with Gasteiger partial charge in [-0.3, -0.25) is 0 Å². The highest BCUT2D eigenvalue weighted by atomic mass is 35.5. The Morgan fingerprint density at radius 3 is 1.78 bits per heavy atom. The minimum absolute atomic E-state index is 0.0452. The van der Waals surface area contributed by atoms with Crippen molar-refractivity contribution in [2.24, 2.45) is 0 Å². The average molecular weight is 750 g/mol. The third-order valence-electron chi connectivity index (χ3n) is 8.04. The van der Waals surface area contributed by atoms with E-state index in [1.165, 1.54) is 48.5 Å². The first-order chi connectivity index (χ1) is 21.7. The summed E-state index contributed by atoms with van der Waals surface area (Å²) in [6, 6.07) is 15.5. The van der Waals surface area contributed by atoms with Gasteiger partial charge in [0.2, 0.25) is 0 Å². The van der Waals surface area contributed by atoms with Gasteiger partial charge in [-0.05, 0) is 104 Å². The van der Waals surface area contributed by atoms with Crippen molar-refractivity contribution < 1.29 is 34.4 Å². The van der Waals surface area contributed by atoms with E-state index >= 15 is 0 Å². The number of rotatable bonds is 5. The normalized spacial score (nSPS) is 19.4. The van der Waals surface area contributed by atoms with E-state index in [0.29, 0.717) is 21.6 Å². The van der Waals surface area contributed by atoms with Crippen molar-refractivity contribution in [3.05, 3.63) is 117 Å². The molecule has 2 aliphatic rings. The molecule has 4 aromatic carbocycles. The van der Waals surface area contributed by atoms with Gasteiger partial charge < -0.3 is 0 Å². The van der Waals surface area contributed by atoms with Crippen molar-refractivity contribution in [2.45, 2.75) is 55.8 Å². The van der Waals surface area contributed by atoms with Crippen LogP contribution in [-0.2, 0) is 24.4 Å². The number of fused-ring (bicyclic) bond motifs is 2. The lowest BCUT2D eigenvalue weighted by molar-refractivity contribution is 0.451. The summed E-state index contributed by atoms with van der Waals surface area (Å²) in [6.45, 7) is 1.69. The third kappa shape index (κ3) is 6.33. The molecule has 2 aliphatic heterocycles. The van der Waals surface area contributed by atoms with Crippen molar-refractivity contribution in [3.63, 3.8) is 0 Å². The summed E-state index contributed by atoms with van der Waals surface area (Å²) >= 11 is 13.9. The molecule has 0 bridgehead atoms. The zero-order chi connectivity index (χ0) is 33.4. The first kappa shape index (κ1) is 35.1. The molecule has 244 valence electrons. The van der Waals surface area contributed by atoms with Crippen molar-refractivity contribution in [2.75, 3.05) is 11.5 Å². The van der Waals surface area contributed by atoms with Gasteiger partial charge in [-0.25, -0.2) is 34.4 Å². The number of hydrogen-bond acceptors (Lipinski definition) is 6. The van der Waals surface area contributed by atoms with Crippen LogP contribution in [0.25, 0.3) is 0 Å². The molecular formula is C32H26Cl2F4O4S4. The number of benzene rings is 4. The Morgan fingerprint density at radius 1 is 0.696 bits per heavy atom. The molecule has 0 saturated carbocycles. The van der Waals surface area contributed by atoms with Gasteiger partial charge >= 0.3 is 0 Å². The van der Waals surface area contributed by atoms with Crippen LogP contribution >= 0.6 is 46.7 Å². The SMILES string of the molecule is CCC1(S(=O)(=O)c2ccc(Cl)cc2)CCSc2c(F)ccc(F)c21.O=S(=O)(c1ccc(Cl)cc1)C1CCSc2c(F)ccc(F)c21. The van der Waals surface area contributed by atoms with Crippen LogP contribution in [0.2, 0.25) is 10.0 Å². The maximum atomic E-state index is 14.6. The second-order valence-corrected chi connectivity index (χ2v) is 18.0. The summed E-state index contributed by atoms with van der Waals surface area (Å²) < 4.78 is 108. The minimum Gasteiger partial charge on any atom is -0.223 e. The zero-order valence-electron chi connectivity index (χ0n) is 24.1. The molecule has 2 unspecified atom stereocenters. The van der Waals surface area contributed by atoms with Gasteiger partial charge in [-0.1, -0.05) is 30.1 Å². The Hall–Kier alpha value is -2.22. The summed E-state index contributed by atoms with van der Waals surface area (Å²) in [6.07, 6.45) is 0.626. The van der Waals surface area contributed by atoms with Crippen molar-refractivity contribution in [3.8, 4) is 0 Å². The topological polar surface area (TPSA) is 68.3 Å². The lowest BCUT2D eigenvalue weighted by Gasteiger charge is -2.37. The van der Waals surface area contributed by atoms with E-state index in [1.54, 1.807) is 6.92 Å². The molecule has 0 saturated heterocycles. The maximum Gasteiger partial charge on any atom is 0.188 e. The predicted octanol–water partition coefficient (Wildman–Crippen LogP) is 9.82. The Bertz CT molecular complexity index is 1990. The molecule has 0 aromatic heterocycles. The lowest BCUT2D eigenvalue weighted by atomic mass is 9.91. The largest absolute Gasteiger partial charge is 0.223 e. The monoisotopic (exact) mass is 748 g/mol. The molecule has 0 fully saturated rings. The van der Waals surface area contributed by atoms with Gasteiger partial charge in [0, 0.05) is 21.2 Å². The minimum atomic E-state index is -3.92.